The summed E-state index contributed by atoms with van der Waals surface area (Å²) in [4.78, 5) is 13.6. The summed E-state index contributed by atoms with van der Waals surface area (Å²) in [6, 6.07) is 8.40. The average molecular weight is 454 g/mol. The number of aromatic nitrogens is 2. The van der Waals surface area contributed by atoms with Crippen LogP contribution in [-0.4, -0.2) is 55.2 Å². The van der Waals surface area contributed by atoms with Gasteiger partial charge in [0.1, 0.15) is 12.4 Å². The van der Waals surface area contributed by atoms with Crippen LogP contribution in [0, 0.1) is 3.57 Å². The molecule has 1 atom stereocenters. The normalized spacial score (nSPS) is 17.2. The Morgan fingerprint density at radius 3 is 2.68 bits per heavy atom. The number of rotatable bonds is 6. The van der Waals surface area contributed by atoms with Gasteiger partial charge < -0.3 is 19.3 Å². The molecule has 0 radical (unpaired) electrons. The highest BCUT2D eigenvalue weighted by Gasteiger charge is 2.26. The maximum atomic E-state index is 5.93. The Morgan fingerprint density at radius 2 is 2.04 bits per heavy atom. The van der Waals surface area contributed by atoms with Crippen LogP contribution in [0.15, 0.2) is 30.5 Å². The summed E-state index contributed by atoms with van der Waals surface area (Å²) in [6.45, 7) is 2.39. The van der Waals surface area contributed by atoms with Crippen LogP contribution in [0.2, 0.25) is 0 Å². The number of methoxy groups -OCH3 is 1. The predicted octanol–water partition coefficient (Wildman–Crippen LogP) is 2.81. The number of halogens is 1. The van der Waals surface area contributed by atoms with Crippen LogP contribution in [0.25, 0.3) is 0 Å². The molecule has 1 aliphatic rings. The molecule has 2 aromatic rings. The maximum Gasteiger partial charge on any atom is 0.232 e. The van der Waals surface area contributed by atoms with Crippen molar-refractivity contribution in [1.29, 1.82) is 0 Å². The van der Waals surface area contributed by atoms with Crippen LogP contribution < -0.4 is 14.4 Å². The van der Waals surface area contributed by atoms with Gasteiger partial charge >= 0.3 is 0 Å². The van der Waals surface area contributed by atoms with Gasteiger partial charge in [-0.15, -0.1) is 0 Å². The molecule has 25 heavy (non-hydrogen) atoms. The van der Waals surface area contributed by atoms with E-state index in [1.165, 1.54) is 0 Å². The number of hydrogen-bond donors (Lipinski definition) is 0. The second kappa shape index (κ2) is 8.18. The third-order valence-electron chi connectivity index (χ3n) is 4.41. The molecule has 0 unspecified atom stereocenters. The lowest BCUT2D eigenvalue weighted by atomic mass is 10.2. The van der Waals surface area contributed by atoms with Crippen molar-refractivity contribution in [1.82, 2.24) is 14.9 Å². The van der Waals surface area contributed by atoms with Gasteiger partial charge in [-0.2, -0.15) is 4.98 Å². The predicted molar refractivity (Wildman–Crippen MR) is 106 cm³/mol. The van der Waals surface area contributed by atoms with E-state index >= 15 is 0 Å². The van der Waals surface area contributed by atoms with Crippen molar-refractivity contribution in [3.63, 3.8) is 0 Å². The summed E-state index contributed by atoms with van der Waals surface area (Å²) >= 11 is 2.21. The first-order valence-corrected chi connectivity index (χ1v) is 9.34. The number of anilines is 1. The Labute approximate surface area is 162 Å². The van der Waals surface area contributed by atoms with Crippen LogP contribution in [0.4, 0.5) is 5.95 Å². The van der Waals surface area contributed by atoms with Gasteiger partial charge in [-0.1, -0.05) is 12.1 Å². The molecule has 0 bridgehead atoms. The Bertz CT molecular complexity index is 709. The summed E-state index contributed by atoms with van der Waals surface area (Å²) in [5.74, 6) is 2.22. The second-order valence-corrected chi connectivity index (χ2v) is 7.47. The van der Waals surface area contributed by atoms with Crippen molar-refractivity contribution in [3.05, 3.63) is 39.6 Å². The van der Waals surface area contributed by atoms with Crippen molar-refractivity contribution < 1.29 is 9.47 Å². The Balaban J connectivity index is 1.67. The molecule has 0 spiro atoms. The fourth-order valence-corrected chi connectivity index (χ4v) is 3.23. The number of nitrogens with zero attached hydrogens (tertiary/aromatic N) is 4. The van der Waals surface area contributed by atoms with Gasteiger partial charge in [0, 0.05) is 25.3 Å². The van der Waals surface area contributed by atoms with Crippen LogP contribution in [0.1, 0.15) is 12.0 Å². The average Bonchev–Trinajstić information content (AvgIpc) is 3.12. The monoisotopic (exact) mass is 454 g/mol. The zero-order chi connectivity index (χ0) is 17.8. The smallest absolute Gasteiger partial charge is 0.232 e. The molecule has 3 rings (SSSR count). The zero-order valence-electron chi connectivity index (χ0n) is 14.8. The van der Waals surface area contributed by atoms with Crippen molar-refractivity contribution >= 4 is 28.5 Å². The van der Waals surface area contributed by atoms with E-state index in [4.69, 9.17) is 9.47 Å². The Morgan fingerprint density at radius 1 is 1.28 bits per heavy atom. The fraction of sp³-hybridized carbons (Fsp3) is 0.444. The van der Waals surface area contributed by atoms with E-state index in [1.807, 2.05) is 30.5 Å². The molecule has 0 saturated carbocycles. The Kier molecular flexibility index (Phi) is 5.95. The lowest BCUT2D eigenvalue weighted by Gasteiger charge is -2.20. The maximum absolute atomic E-state index is 5.93. The van der Waals surface area contributed by atoms with Gasteiger partial charge in [0.25, 0.3) is 0 Å². The van der Waals surface area contributed by atoms with E-state index in [0.29, 0.717) is 18.5 Å². The molecule has 0 aliphatic carbocycles. The lowest BCUT2D eigenvalue weighted by molar-refractivity contribution is 0.290. The van der Waals surface area contributed by atoms with E-state index in [2.05, 4.69) is 56.5 Å². The molecule has 1 saturated heterocycles. The van der Waals surface area contributed by atoms with Crippen molar-refractivity contribution in [2.75, 3.05) is 39.2 Å². The number of ether oxygens (including phenoxy) is 2. The van der Waals surface area contributed by atoms with E-state index in [9.17, 15) is 0 Å². The minimum atomic E-state index is 0.469. The number of benzene rings is 1. The molecule has 7 heteroatoms. The zero-order valence-corrected chi connectivity index (χ0v) is 16.9. The molecule has 1 aliphatic heterocycles. The molecular weight excluding hydrogens is 431 g/mol. The molecule has 6 nitrogen and oxygen atoms in total. The van der Waals surface area contributed by atoms with Crippen LogP contribution in [0.3, 0.4) is 0 Å². The minimum Gasteiger partial charge on any atom is -0.497 e. The lowest BCUT2D eigenvalue weighted by Crippen LogP contribution is -2.32. The van der Waals surface area contributed by atoms with E-state index < -0.39 is 0 Å². The molecule has 134 valence electrons. The largest absolute Gasteiger partial charge is 0.497 e. The fourth-order valence-electron chi connectivity index (χ4n) is 2.81. The topological polar surface area (TPSA) is 50.7 Å². The third-order valence-corrected chi connectivity index (χ3v) is 5.15. The molecule has 0 amide bonds. The quantitative estimate of drug-likeness (QED) is 0.626. The first kappa shape index (κ1) is 18.2. The molecule has 1 aromatic heterocycles. The highest BCUT2D eigenvalue weighted by molar-refractivity contribution is 14.1. The molecule has 0 N–H and O–H groups in total. The standard InChI is InChI=1S/C18H23IN4O2/c1-22(2)14-8-9-23(11-14)18-20-10-16(19)17(21-18)25-12-13-4-6-15(24-3)7-5-13/h4-7,10,14H,8-9,11-12H2,1-3H3/t14-/m1/s1. The highest BCUT2D eigenvalue weighted by atomic mass is 127. The summed E-state index contributed by atoms with van der Waals surface area (Å²) in [5.41, 5.74) is 1.07. The van der Waals surface area contributed by atoms with Gasteiger partial charge in [0.15, 0.2) is 0 Å². The van der Waals surface area contributed by atoms with E-state index in [1.54, 1.807) is 7.11 Å². The van der Waals surface area contributed by atoms with Crippen molar-refractivity contribution in [3.8, 4) is 11.6 Å². The second-order valence-electron chi connectivity index (χ2n) is 6.31. The molecule has 1 fully saturated rings. The van der Waals surface area contributed by atoms with Crippen LogP contribution >= 0.6 is 22.6 Å². The van der Waals surface area contributed by atoms with Crippen molar-refractivity contribution in [2.24, 2.45) is 0 Å². The third kappa shape index (κ3) is 4.52. The van der Waals surface area contributed by atoms with Crippen LogP contribution in [0.5, 0.6) is 11.6 Å². The number of hydrogen-bond acceptors (Lipinski definition) is 6. The van der Waals surface area contributed by atoms with Gasteiger partial charge in [0.2, 0.25) is 11.8 Å². The van der Waals surface area contributed by atoms with Gasteiger partial charge in [-0.25, -0.2) is 4.98 Å². The SMILES string of the molecule is COc1ccc(COc2nc(N3CC[C@@H](N(C)C)C3)ncc2I)cc1. The van der Waals surface area contributed by atoms with Crippen molar-refractivity contribution in [2.45, 2.75) is 19.1 Å². The minimum absolute atomic E-state index is 0.469. The summed E-state index contributed by atoms with van der Waals surface area (Å²) in [6.07, 6.45) is 2.96. The summed E-state index contributed by atoms with van der Waals surface area (Å²) in [5, 5.41) is 0. The molecular formula is C18H23IN4O2. The van der Waals surface area contributed by atoms with Gasteiger partial charge in [0.05, 0.1) is 10.7 Å². The first-order chi connectivity index (χ1) is 12.1. The van der Waals surface area contributed by atoms with Gasteiger partial charge in [-0.3, -0.25) is 0 Å². The Hall–Kier alpha value is -1.61. The van der Waals surface area contributed by atoms with E-state index in [-0.39, 0.29) is 0 Å². The van der Waals surface area contributed by atoms with E-state index in [0.717, 1.165) is 40.3 Å². The molecule has 1 aromatic carbocycles. The summed E-state index contributed by atoms with van der Waals surface area (Å²) < 4.78 is 12.0. The summed E-state index contributed by atoms with van der Waals surface area (Å²) in [7, 11) is 5.90. The molecule has 2 heterocycles. The van der Waals surface area contributed by atoms with Crippen LogP contribution in [-0.2, 0) is 6.61 Å². The number of likely N-dealkylation sites (N-methyl/N-ethyl adjacent to an activating group) is 1. The first-order valence-electron chi connectivity index (χ1n) is 8.26. The highest BCUT2D eigenvalue weighted by Crippen LogP contribution is 2.24. The van der Waals surface area contributed by atoms with Gasteiger partial charge in [-0.05, 0) is 60.8 Å².